The van der Waals surface area contributed by atoms with Gasteiger partial charge in [0.25, 0.3) is 0 Å². The van der Waals surface area contributed by atoms with Gasteiger partial charge in [0.1, 0.15) is 11.8 Å². The minimum absolute atomic E-state index is 0.337. The number of nitrogens with one attached hydrogen (secondary N) is 1. The highest BCUT2D eigenvalue weighted by Gasteiger charge is 2.26. The molecule has 3 aromatic heterocycles. The molecule has 6 heteroatoms. The summed E-state index contributed by atoms with van der Waals surface area (Å²) >= 11 is 0. The van der Waals surface area contributed by atoms with Crippen LogP contribution in [0.1, 0.15) is 38.1 Å². The average molecular weight is 329 g/mol. The zero-order valence-electron chi connectivity index (χ0n) is 13.3. The number of furan rings is 1. The van der Waals surface area contributed by atoms with Gasteiger partial charge in [0.15, 0.2) is 5.58 Å². The van der Waals surface area contributed by atoms with Crippen LogP contribution in [0.15, 0.2) is 53.5 Å². The van der Waals surface area contributed by atoms with Crippen LogP contribution in [0.4, 0.5) is 0 Å². The van der Waals surface area contributed by atoms with E-state index in [-0.39, 0.29) is 10.8 Å². The Morgan fingerprint density at radius 1 is 1.17 bits per heavy atom. The molecule has 3 rings (SSSR count). The normalized spacial score (nSPS) is 14.7. The molecule has 0 saturated carbocycles. The number of nitrogens with zero attached hydrogens (tertiary/aromatic N) is 2. The summed E-state index contributed by atoms with van der Waals surface area (Å²) in [5.41, 5.74) is 1.61. The zero-order chi connectivity index (χ0) is 16.4. The number of aromatic nitrogens is 2. The van der Waals surface area contributed by atoms with Crippen molar-refractivity contribution in [3.05, 3.63) is 60.4 Å². The van der Waals surface area contributed by atoms with Crippen LogP contribution >= 0.6 is 0 Å². The van der Waals surface area contributed by atoms with Crippen LogP contribution in [0.2, 0.25) is 0 Å². The highest BCUT2D eigenvalue weighted by molar-refractivity contribution is 7.84. The van der Waals surface area contributed by atoms with E-state index in [9.17, 15) is 4.21 Å². The van der Waals surface area contributed by atoms with Gasteiger partial charge in [-0.3, -0.25) is 9.97 Å². The standard InChI is InChI=1S/C17H19N3O2S/c1-17(2,3)23(21)20-16(13-5-4-7-18-10-13)14-9-12-6-8-19-11-15(12)22-14/h4-11,16,20H,1-3H3/t16-,23?/m1/s1. The van der Waals surface area contributed by atoms with Crippen molar-refractivity contribution in [1.82, 2.24) is 14.7 Å². The molecule has 0 bridgehead atoms. The second kappa shape index (κ2) is 6.22. The molecule has 0 aromatic carbocycles. The summed E-state index contributed by atoms with van der Waals surface area (Å²) in [6.45, 7) is 5.79. The Hall–Kier alpha value is -2.05. The van der Waals surface area contributed by atoms with Gasteiger partial charge in [-0.25, -0.2) is 8.93 Å². The topological polar surface area (TPSA) is 68.0 Å². The summed E-state index contributed by atoms with van der Waals surface area (Å²) in [6, 6.07) is 7.30. The summed E-state index contributed by atoms with van der Waals surface area (Å²) in [5, 5.41) is 0.965. The van der Waals surface area contributed by atoms with Crippen molar-refractivity contribution in [3.8, 4) is 0 Å². The third-order valence-electron chi connectivity index (χ3n) is 3.43. The van der Waals surface area contributed by atoms with Gasteiger partial charge in [0.2, 0.25) is 0 Å². The summed E-state index contributed by atoms with van der Waals surface area (Å²) in [4.78, 5) is 8.23. The number of hydrogen-bond donors (Lipinski definition) is 1. The molecule has 0 saturated heterocycles. The summed E-state index contributed by atoms with van der Waals surface area (Å²) < 4.78 is 21.3. The van der Waals surface area contributed by atoms with Gasteiger partial charge >= 0.3 is 0 Å². The van der Waals surface area contributed by atoms with Gasteiger partial charge in [-0.1, -0.05) is 6.07 Å². The molecule has 5 nitrogen and oxygen atoms in total. The lowest BCUT2D eigenvalue weighted by molar-refractivity contribution is 0.505. The van der Waals surface area contributed by atoms with Crippen LogP contribution in [0, 0.1) is 0 Å². The van der Waals surface area contributed by atoms with Gasteiger partial charge in [0, 0.05) is 24.0 Å². The van der Waals surface area contributed by atoms with Crippen molar-refractivity contribution in [2.75, 3.05) is 0 Å². The molecular formula is C17H19N3O2S. The number of rotatable bonds is 4. The predicted molar refractivity (Wildman–Crippen MR) is 91.1 cm³/mol. The highest BCUT2D eigenvalue weighted by atomic mass is 32.2. The van der Waals surface area contributed by atoms with E-state index in [4.69, 9.17) is 4.42 Å². The lowest BCUT2D eigenvalue weighted by Crippen LogP contribution is -2.36. The second-order valence-electron chi connectivity index (χ2n) is 6.28. The van der Waals surface area contributed by atoms with E-state index >= 15 is 0 Å². The second-order valence-corrected chi connectivity index (χ2v) is 8.28. The molecule has 0 fully saturated rings. The zero-order valence-corrected chi connectivity index (χ0v) is 14.1. The Balaban J connectivity index is 2.02. The molecule has 0 aliphatic carbocycles. The lowest BCUT2D eigenvalue weighted by atomic mass is 10.1. The summed E-state index contributed by atoms with van der Waals surface area (Å²) in [7, 11) is -1.24. The monoisotopic (exact) mass is 329 g/mol. The SMILES string of the molecule is CC(C)(C)S(=O)N[C@H](c1cccnc1)c1cc2ccncc2o1. The maximum Gasteiger partial charge on any atom is 0.152 e. The van der Waals surface area contributed by atoms with Gasteiger partial charge in [-0.2, -0.15) is 0 Å². The van der Waals surface area contributed by atoms with Crippen LogP contribution < -0.4 is 4.72 Å². The Kier molecular flexibility index (Phi) is 4.28. The van der Waals surface area contributed by atoms with Gasteiger partial charge in [0.05, 0.1) is 21.9 Å². The molecular weight excluding hydrogens is 310 g/mol. The predicted octanol–water partition coefficient (Wildman–Crippen LogP) is 3.36. The summed E-state index contributed by atoms with van der Waals surface area (Å²) in [6.07, 6.45) is 6.87. The quantitative estimate of drug-likeness (QED) is 0.797. The number of pyridine rings is 2. The fourth-order valence-corrected chi connectivity index (χ4v) is 2.99. The molecule has 0 aliphatic heterocycles. The minimum atomic E-state index is -1.24. The van der Waals surface area contributed by atoms with Crippen molar-refractivity contribution < 1.29 is 8.63 Å². The first-order chi connectivity index (χ1) is 10.9. The molecule has 0 radical (unpaired) electrons. The fourth-order valence-electron chi connectivity index (χ4n) is 2.17. The maximum atomic E-state index is 12.6. The molecule has 0 aliphatic rings. The van der Waals surface area contributed by atoms with Crippen molar-refractivity contribution in [3.63, 3.8) is 0 Å². The van der Waals surface area contributed by atoms with Crippen LogP contribution in [-0.4, -0.2) is 18.9 Å². The van der Waals surface area contributed by atoms with E-state index in [1.165, 1.54) is 0 Å². The van der Waals surface area contributed by atoms with Crippen LogP contribution in [-0.2, 0) is 11.0 Å². The Labute approximate surface area is 137 Å². The smallest absolute Gasteiger partial charge is 0.152 e. The molecule has 120 valence electrons. The fraction of sp³-hybridized carbons (Fsp3) is 0.294. The molecule has 1 N–H and O–H groups in total. The first kappa shape index (κ1) is 15.8. The molecule has 3 aromatic rings. The van der Waals surface area contributed by atoms with Gasteiger partial charge in [-0.05, 0) is 44.5 Å². The third kappa shape index (κ3) is 3.48. The van der Waals surface area contributed by atoms with E-state index in [0.29, 0.717) is 11.3 Å². The third-order valence-corrected chi connectivity index (χ3v) is 4.99. The van der Waals surface area contributed by atoms with Crippen molar-refractivity contribution in [1.29, 1.82) is 0 Å². The van der Waals surface area contributed by atoms with Crippen LogP contribution in [0.5, 0.6) is 0 Å². The maximum absolute atomic E-state index is 12.6. The molecule has 3 heterocycles. The van der Waals surface area contributed by atoms with Crippen LogP contribution in [0.25, 0.3) is 11.0 Å². The molecule has 23 heavy (non-hydrogen) atoms. The van der Waals surface area contributed by atoms with E-state index in [2.05, 4.69) is 14.7 Å². The lowest BCUT2D eigenvalue weighted by Gasteiger charge is -2.23. The van der Waals surface area contributed by atoms with Gasteiger partial charge in [-0.15, -0.1) is 0 Å². The first-order valence-electron chi connectivity index (χ1n) is 7.36. The highest BCUT2D eigenvalue weighted by Crippen LogP contribution is 2.28. The van der Waals surface area contributed by atoms with E-state index in [1.54, 1.807) is 24.8 Å². The van der Waals surface area contributed by atoms with Crippen molar-refractivity contribution >= 4 is 22.0 Å². The Bertz CT molecular complexity index is 791. The van der Waals surface area contributed by atoms with Gasteiger partial charge < -0.3 is 4.42 Å². The number of fused-ring (bicyclic) bond motifs is 1. The van der Waals surface area contributed by atoms with E-state index < -0.39 is 11.0 Å². The molecule has 2 atom stereocenters. The first-order valence-corrected chi connectivity index (χ1v) is 8.51. The van der Waals surface area contributed by atoms with E-state index in [0.717, 1.165) is 10.9 Å². The van der Waals surface area contributed by atoms with Crippen LogP contribution in [0.3, 0.4) is 0 Å². The molecule has 1 unspecified atom stereocenters. The average Bonchev–Trinajstić information content (AvgIpc) is 2.95. The molecule has 0 spiro atoms. The van der Waals surface area contributed by atoms with Crippen molar-refractivity contribution in [2.45, 2.75) is 31.6 Å². The molecule has 0 amide bonds. The minimum Gasteiger partial charge on any atom is -0.457 e. The summed E-state index contributed by atoms with van der Waals surface area (Å²) in [5.74, 6) is 0.693. The number of hydrogen-bond acceptors (Lipinski definition) is 4. The van der Waals surface area contributed by atoms with Crippen molar-refractivity contribution in [2.24, 2.45) is 0 Å². The Morgan fingerprint density at radius 2 is 1.96 bits per heavy atom. The Morgan fingerprint density at radius 3 is 2.61 bits per heavy atom. The van der Waals surface area contributed by atoms with E-state index in [1.807, 2.05) is 45.0 Å². The largest absolute Gasteiger partial charge is 0.457 e.